The highest BCUT2D eigenvalue weighted by Gasteiger charge is 2.34. The topological polar surface area (TPSA) is 79.6 Å². The first-order valence-electron chi connectivity index (χ1n) is 11.4. The monoisotopic (exact) mass is 405 g/mol. The third-order valence-corrected chi connectivity index (χ3v) is 6.10. The van der Waals surface area contributed by atoms with Crippen molar-refractivity contribution in [3.8, 4) is 0 Å². The van der Waals surface area contributed by atoms with E-state index in [1.165, 1.54) is 32.1 Å². The van der Waals surface area contributed by atoms with Gasteiger partial charge in [-0.05, 0) is 32.6 Å². The molecule has 1 saturated heterocycles. The van der Waals surface area contributed by atoms with E-state index in [1.807, 2.05) is 4.57 Å². The molecule has 1 aromatic heterocycles. The number of nitrogens with one attached hydrogen (secondary N) is 2. The van der Waals surface area contributed by atoms with Crippen molar-refractivity contribution in [2.75, 3.05) is 52.5 Å². The molecule has 2 aliphatic rings. The van der Waals surface area contributed by atoms with E-state index < -0.39 is 0 Å². The van der Waals surface area contributed by atoms with Crippen molar-refractivity contribution in [1.29, 1.82) is 0 Å². The van der Waals surface area contributed by atoms with Crippen LogP contribution in [0.3, 0.4) is 0 Å². The van der Waals surface area contributed by atoms with Crippen LogP contribution >= 0.6 is 0 Å². The molecule has 8 heteroatoms. The van der Waals surface area contributed by atoms with Crippen molar-refractivity contribution in [3.63, 3.8) is 0 Å². The van der Waals surface area contributed by atoms with E-state index in [1.54, 1.807) is 12.7 Å². The number of unbranched alkanes of at least 4 members (excludes halogenated alkanes) is 1. The van der Waals surface area contributed by atoms with Crippen LogP contribution in [0.5, 0.6) is 0 Å². The molecule has 0 atom stereocenters. The lowest BCUT2D eigenvalue weighted by Crippen LogP contribution is -2.46. The number of rotatable bonds is 10. The van der Waals surface area contributed by atoms with E-state index in [0.29, 0.717) is 5.41 Å². The normalized spacial score (nSPS) is 20.5. The molecular weight excluding hydrogens is 366 g/mol. The highest BCUT2D eigenvalue weighted by molar-refractivity contribution is 5.79. The van der Waals surface area contributed by atoms with Crippen molar-refractivity contribution < 1.29 is 4.74 Å². The Morgan fingerprint density at radius 2 is 1.83 bits per heavy atom. The summed E-state index contributed by atoms with van der Waals surface area (Å²) in [7, 11) is 0. The predicted molar refractivity (Wildman–Crippen MR) is 116 cm³/mol. The zero-order valence-electron chi connectivity index (χ0n) is 18.1. The Hall–Kier alpha value is -1.67. The van der Waals surface area contributed by atoms with Gasteiger partial charge in [0, 0.05) is 51.2 Å². The minimum absolute atomic E-state index is 0.326. The van der Waals surface area contributed by atoms with E-state index in [9.17, 15) is 0 Å². The van der Waals surface area contributed by atoms with Crippen LogP contribution in [0.2, 0.25) is 0 Å². The fourth-order valence-corrected chi connectivity index (χ4v) is 4.45. The Morgan fingerprint density at radius 1 is 1.07 bits per heavy atom. The molecule has 0 spiro atoms. The van der Waals surface area contributed by atoms with Crippen LogP contribution in [0.25, 0.3) is 0 Å². The lowest BCUT2D eigenvalue weighted by molar-refractivity contribution is 0.00937. The van der Waals surface area contributed by atoms with Crippen LogP contribution in [0, 0.1) is 5.41 Å². The summed E-state index contributed by atoms with van der Waals surface area (Å²) in [5.74, 6) is 0.962. The highest BCUT2D eigenvalue weighted by atomic mass is 16.5. The summed E-state index contributed by atoms with van der Waals surface area (Å²) in [5, 5.41) is 14.7. The molecular formula is C21H39N7O. The summed E-state index contributed by atoms with van der Waals surface area (Å²) in [6.07, 6.45) is 12.4. The number of hydrogen-bond donors (Lipinski definition) is 2. The number of nitrogens with zero attached hydrogens (tertiary/aromatic N) is 5. The lowest BCUT2D eigenvalue weighted by atomic mass is 9.73. The van der Waals surface area contributed by atoms with Gasteiger partial charge in [0.1, 0.15) is 12.7 Å². The third kappa shape index (κ3) is 7.59. The van der Waals surface area contributed by atoms with Gasteiger partial charge in [-0.2, -0.15) is 0 Å². The number of aromatic nitrogens is 3. The van der Waals surface area contributed by atoms with Crippen molar-refractivity contribution >= 4 is 5.96 Å². The van der Waals surface area contributed by atoms with Gasteiger partial charge in [0.15, 0.2) is 5.96 Å². The van der Waals surface area contributed by atoms with Gasteiger partial charge >= 0.3 is 0 Å². The molecule has 2 fully saturated rings. The standard InChI is InChI=1S/C21H39N7O/c1-2-22-20(23-10-6-7-11-28-18-25-26-19-28)24-16-21(8-4-3-5-9-21)17-27-12-14-29-15-13-27/h18-19H,2-17H2,1H3,(H2,22,23,24). The highest BCUT2D eigenvalue weighted by Crippen LogP contribution is 2.37. The van der Waals surface area contributed by atoms with Gasteiger partial charge in [-0.3, -0.25) is 9.89 Å². The molecule has 1 aliphatic heterocycles. The fourth-order valence-electron chi connectivity index (χ4n) is 4.45. The number of guanidine groups is 1. The van der Waals surface area contributed by atoms with Crippen LogP contribution in [-0.4, -0.2) is 78.1 Å². The van der Waals surface area contributed by atoms with Crippen LogP contribution in [0.1, 0.15) is 51.9 Å². The number of aliphatic imine (C=N–C) groups is 1. The predicted octanol–water partition coefficient (Wildman–Crippen LogP) is 1.90. The lowest BCUT2D eigenvalue weighted by Gasteiger charge is -2.41. The number of morpholine rings is 1. The van der Waals surface area contributed by atoms with Crippen LogP contribution in [0.4, 0.5) is 0 Å². The maximum absolute atomic E-state index is 5.54. The molecule has 8 nitrogen and oxygen atoms in total. The summed E-state index contributed by atoms with van der Waals surface area (Å²) in [6, 6.07) is 0. The molecule has 1 aliphatic carbocycles. The van der Waals surface area contributed by atoms with Crippen LogP contribution < -0.4 is 10.6 Å². The second kappa shape index (κ2) is 12.1. The van der Waals surface area contributed by atoms with Gasteiger partial charge < -0.3 is 19.9 Å². The van der Waals surface area contributed by atoms with E-state index >= 15 is 0 Å². The fraction of sp³-hybridized carbons (Fsp3) is 0.857. The maximum atomic E-state index is 5.54. The Morgan fingerprint density at radius 3 is 2.55 bits per heavy atom. The van der Waals surface area contributed by atoms with E-state index in [4.69, 9.17) is 9.73 Å². The minimum Gasteiger partial charge on any atom is -0.379 e. The summed E-state index contributed by atoms with van der Waals surface area (Å²) in [5.41, 5.74) is 0.326. The van der Waals surface area contributed by atoms with Gasteiger partial charge in [-0.25, -0.2) is 0 Å². The minimum atomic E-state index is 0.326. The van der Waals surface area contributed by atoms with Crippen molar-refractivity contribution in [2.45, 2.75) is 58.4 Å². The average Bonchev–Trinajstić information content (AvgIpc) is 3.27. The number of ether oxygens (including phenoxy) is 1. The molecule has 1 aromatic rings. The Balaban J connectivity index is 1.48. The molecule has 0 unspecified atom stereocenters. The maximum Gasteiger partial charge on any atom is 0.191 e. The Kier molecular flexibility index (Phi) is 9.21. The van der Waals surface area contributed by atoms with Crippen molar-refractivity contribution in [1.82, 2.24) is 30.3 Å². The molecule has 2 heterocycles. The van der Waals surface area contributed by atoms with Gasteiger partial charge in [0.2, 0.25) is 0 Å². The van der Waals surface area contributed by atoms with Crippen molar-refractivity contribution in [2.24, 2.45) is 10.4 Å². The van der Waals surface area contributed by atoms with E-state index in [0.717, 1.165) is 77.8 Å². The zero-order valence-corrected chi connectivity index (χ0v) is 18.1. The molecule has 29 heavy (non-hydrogen) atoms. The van der Waals surface area contributed by atoms with Gasteiger partial charge in [0.05, 0.1) is 13.2 Å². The summed E-state index contributed by atoms with van der Waals surface area (Å²) in [6.45, 7) is 10.9. The number of aryl methyl sites for hydroxylation is 1. The van der Waals surface area contributed by atoms with E-state index in [2.05, 4.69) is 32.7 Å². The molecule has 1 saturated carbocycles. The largest absolute Gasteiger partial charge is 0.379 e. The molecule has 0 amide bonds. The molecule has 0 bridgehead atoms. The molecule has 0 radical (unpaired) electrons. The molecule has 164 valence electrons. The Labute approximate surface area is 175 Å². The third-order valence-electron chi connectivity index (χ3n) is 6.10. The van der Waals surface area contributed by atoms with Crippen LogP contribution in [-0.2, 0) is 11.3 Å². The van der Waals surface area contributed by atoms with Crippen LogP contribution in [0.15, 0.2) is 17.6 Å². The molecule has 3 rings (SSSR count). The summed E-state index contributed by atoms with van der Waals surface area (Å²) < 4.78 is 7.57. The smallest absolute Gasteiger partial charge is 0.191 e. The van der Waals surface area contributed by atoms with Gasteiger partial charge in [-0.1, -0.05) is 19.3 Å². The second-order valence-corrected chi connectivity index (χ2v) is 8.48. The second-order valence-electron chi connectivity index (χ2n) is 8.48. The van der Waals surface area contributed by atoms with E-state index in [-0.39, 0.29) is 0 Å². The SMILES string of the molecule is CCNC(=NCC1(CN2CCOCC2)CCCCC1)NCCCCn1cnnc1. The first-order chi connectivity index (χ1) is 14.3. The number of hydrogen-bond acceptors (Lipinski definition) is 5. The molecule has 2 N–H and O–H groups in total. The summed E-state index contributed by atoms with van der Waals surface area (Å²) >= 11 is 0. The quantitative estimate of drug-likeness (QED) is 0.352. The van der Waals surface area contributed by atoms with Gasteiger partial charge in [-0.15, -0.1) is 10.2 Å². The average molecular weight is 406 g/mol. The van der Waals surface area contributed by atoms with Crippen molar-refractivity contribution in [3.05, 3.63) is 12.7 Å². The summed E-state index contributed by atoms with van der Waals surface area (Å²) in [4.78, 5) is 7.63. The Bertz CT molecular complexity index is 578. The zero-order chi connectivity index (χ0) is 20.2. The molecule has 0 aromatic carbocycles. The van der Waals surface area contributed by atoms with Gasteiger partial charge in [0.25, 0.3) is 0 Å². The first-order valence-corrected chi connectivity index (χ1v) is 11.4. The first kappa shape index (κ1) is 22.0.